The maximum absolute atomic E-state index is 12.0. The molecule has 120 valence electrons. The standard InChI is InChI=1S/C16H32O4/c1-8-14(4,5)13(17)20-11-12(15(6,18)9-2)16(7,19)10-3/h12,18-19H,8-11H2,1-7H3. The fourth-order valence-electron chi connectivity index (χ4n) is 2.02. The molecule has 2 atom stereocenters. The maximum Gasteiger partial charge on any atom is 0.311 e. The van der Waals surface area contributed by atoms with E-state index in [9.17, 15) is 15.0 Å². The van der Waals surface area contributed by atoms with E-state index in [2.05, 4.69) is 0 Å². The molecule has 0 spiro atoms. The largest absolute Gasteiger partial charge is 0.465 e. The van der Waals surface area contributed by atoms with Crippen LogP contribution in [-0.2, 0) is 9.53 Å². The van der Waals surface area contributed by atoms with Gasteiger partial charge in [-0.3, -0.25) is 4.79 Å². The average molecular weight is 288 g/mol. The van der Waals surface area contributed by atoms with Crippen LogP contribution >= 0.6 is 0 Å². The molecule has 0 aliphatic carbocycles. The molecule has 0 aromatic carbocycles. The summed E-state index contributed by atoms with van der Waals surface area (Å²) in [6, 6.07) is 0. The number of aliphatic hydroxyl groups is 2. The molecule has 0 aromatic rings. The molecule has 4 heteroatoms. The van der Waals surface area contributed by atoms with Gasteiger partial charge in [0.2, 0.25) is 0 Å². The Morgan fingerprint density at radius 3 is 1.65 bits per heavy atom. The number of rotatable bonds is 8. The zero-order valence-electron chi connectivity index (χ0n) is 14.1. The van der Waals surface area contributed by atoms with Crippen molar-refractivity contribution >= 4 is 5.97 Å². The van der Waals surface area contributed by atoms with E-state index in [1.54, 1.807) is 13.8 Å². The third-order valence-corrected chi connectivity index (χ3v) is 4.75. The summed E-state index contributed by atoms with van der Waals surface area (Å²) in [4.78, 5) is 12.0. The lowest BCUT2D eigenvalue weighted by molar-refractivity contribution is -0.170. The number of carbonyl (C=O) groups excluding carboxylic acids is 1. The van der Waals surface area contributed by atoms with E-state index in [4.69, 9.17) is 4.74 Å². The monoisotopic (exact) mass is 288 g/mol. The van der Waals surface area contributed by atoms with E-state index in [1.165, 1.54) is 0 Å². The van der Waals surface area contributed by atoms with Crippen molar-refractivity contribution < 1.29 is 19.7 Å². The van der Waals surface area contributed by atoms with Crippen LogP contribution in [0.3, 0.4) is 0 Å². The Morgan fingerprint density at radius 1 is 0.950 bits per heavy atom. The van der Waals surface area contributed by atoms with Gasteiger partial charge in [0.05, 0.1) is 29.1 Å². The lowest BCUT2D eigenvalue weighted by atomic mass is 9.74. The van der Waals surface area contributed by atoms with E-state index in [1.807, 2.05) is 34.6 Å². The molecule has 0 aromatic heterocycles. The van der Waals surface area contributed by atoms with Gasteiger partial charge in [0, 0.05) is 0 Å². The average Bonchev–Trinajstić information content (AvgIpc) is 2.38. The van der Waals surface area contributed by atoms with Gasteiger partial charge in [-0.2, -0.15) is 0 Å². The molecule has 0 bridgehead atoms. The second-order valence-corrected chi connectivity index (χ2v) is 6.81. The van der Waals surface area contributed by atoms with E-state index in [0.717, 1.165) is 0 Å². The van der Waals surface area contributed by atoms with Crippen molar-refractivity contribution in [3.63, 3.8) is 0 Å². The molecule has 0 saturated carbocycles. The first-order valence-electron chi connectivity index (χ1n) is 7.56. The first-order valence-corrected chi connectivity index (χ1v) is 7.56. The van der Waals surface area contributed by atoms with Gasteiger partial charge in [0.15, 0.2) is 0 Å². The summed E-state index contributed by atoms with van der Waals surface area (Å²) in [6.45, 7) is 12.7. The molecule has 2 N–H and O–H groups in total. The molecular formula is C16H32O4. The summed E-state index contributed by atoms with van der Waals surface area (Å²) in [7, 11) is 0. The molecule has 0 amide bonds. The molecule has 0 radical (unpaired) electrons. The van der Waals surface area contributed by atoms with E-state index >= 15 is 0 Å². The van der Waals surface area contributed by atoms with Crippen LogP contribution < -0.4 is 0 Å². The van der Waals surface area contributed by atoms with Gasteiger partial charge >= 0.3 is 5.97 Å². The van der Waals surface area contributed by atoms with Crippen molar-refractivity contribution in [2.75, 3.05) is 6.61 Å². The van der Waals surface area contributed by atoms with Crippen LogP contribution in [0.4, 0.5) is 0 Å². The van der Waals surface area contributed by atoms with Crippen LogP contribution in [-0.4, -0.2) is 34.0 Å². The minimum atomic E-state index is -1.07. The maximum atomic E-state index is 12.0. The summed E-state index contributed by atoms with van der Waals surface area (Å²) >= 11 is 0. The number of ether oxygens (including phenoxy) is 1. The molecule has 0 rings (SSSR count). The van der Waals surface area contributed by atoms with Crippen LogP contribution in [0.15, 0.2) is 0 Å². The fraction of sp³-hybridized carbons (Fsp3) is 0.938. The van der Waals surface area contributed by atoms with Gasteiger partial charge in [0.1, 0.15) is 0 Å². The van der Waals surface area contributed by atoms with Crippen LogP contribution in [0, 0.1) is 11.3 Å². The molecule has 0 aliphatic rings. The van der Waals surface area contributed by atoms with E-state index < -0.39 is 22.5 Å². The van der Waals surface area contributed by atoms with Gasteiger partial charge in [-0.25, -0.2) is 0 Å². The lowest BCUT2D eigenvalue weighted by Crippen LogP contribution is -2.51. The molecule has 4 nitrogen and oxygen atoms in total. The van der Waals surface area contributed by atoms with Gasteiger partial charge in [-0.15, -0.1) is 0 Å². The highest BCUT2D eigenvalue weighted by molar-refractivity contribution is 5.75. The third kappa shape index (κ3) is 4.74. The fourth-order valence-corrected chi connectivity index (χ4v) is 2.02. The van der Waals surface area contributed by atoms with E-state index in [-0.39, 0.29) is 12.6 Å². The van der Waals surface area contributed by atoms with Crippen LogP contribution in [0.2, 0.25) is 0 Å². The highest BCUT2D eigenvalue weighted by atomic mass is 16.5. The zero-order chi connectivity index (χ0) is 16.2. The predicted octanol–water partition coefficient (Wildman–Crippen LogP) is 2.90. The van der Waals surface area contributed by atoms with Crippen molar-refractivity contribution in [2.24, 2.45) is 11.3 Å². The van der Waals surface area contributed by atoms with Gasteiger partial charge in [-0.05, 0) is 47.0 Å². The molecule has 20 heavy (non-hydrogen) atoms. The second-order valence-electron chi connectivity index (χ2n) is 6.81. The minimum absolute atomic E-state index is 0.0317. The zero-order valence-corrected chi connectivity index (χ0v) is 14.1. The van der Waals surface area contributed by atoms with Crippen molar-refractivity contribution in [2.45, 2.75) is 78.9 Å². The summed E-state index contributed by atoms with van der Waals surface area (Å²) in [5.41, 5.74) is -2.69. The first kappa shape index (κ1) is 19.4. The summed E-state index contributed by atoms with van der Waals surface area (Å²) in [5.74, 6) is -0.801. The van der Waals surface area contributed by atoms with Crippen molar-refractivity contribution in [1.82, 2.24) is 0 Å². The normalized spacial score (nSPS) is 19.9. The van der Waals surface area contributed by atoms with Crippen LogP contribution in [0.25, 0.3) is 0 Å². The number of hydrogen-bond donors (Lipinski definition) is 2. The first-order chi connectivity index (χ1) is 8.94. The van der Waals surface area contributed by atoms with Crippen LogP contribution in [0.5, 0.6) is 0 Å². The topological polar surface area (TPSA) is 66.8 Å². The van der Waals surface area contributed by atoms with Gasteiger partial charge < -0.3 is 14.9 Å². The molecule has 0 saturated heterocycles. The number of esters is 1. The molecule has 0 heterocycles. The Bertz CT molecular complexity index is 302. The van der Waals surface area contributed by atoms with Crippen LogP contribution in [0.1, 0.15) is 67.7 Å². The smallest absolute Gasteiger partial charge is 0.311 e. The highest BCUT2D eigenvalue weighted by Crippen LogP contribution is 2.34. The summed E-state index contributed by atoms with van der Waals surface area (Å²) in [5, 5.41) is 20.9. The Hall–Kier alpha value is -0.610. The number of carbonyl (C=O) groups is 1. The molecule has 0 aliphatic heterocycles. The van der Waals surface area contributed by atoms with Crippen molar-refractivity contribution in [3.05, 3.63) is 0 Å². The van der Waals surface area contributed by atoms with E-state index in [0.29, 0.717) is 19.3 Å². The Kier molecular flexibility index (Phi) is 6.69. The summed E-state index contributed by atoms with van der Waals surface area (Å²) in [6.07, 6.45) is 1.66. The predicted molar refractivity (Wildman–Crippen MR) is 80.4 cm³/mol. The second kappa shape index (κ2) is 6.90. The van der Waals surface area contributed by atoms with Crippen molar-refractivity contribution in [3.8, 4) is 0 Å². The Balaban J connectivity index is 5.00. The van der Waals surface area contributed by atoms with Gasteiger partial charge in [0.25, 0.3) is 0 Å². The summed E-state index contributed by atoms with van der Waals surface area (Å²) < 4.78 is 5.38. The highest BCUT2D eigenvalue weighted by Gasteiger charge is 2.43. The Morgan fingerprint density at radius 2 is 1.35 bits per heavy atom. The molecule has 0 fully saturated rings. The Labute approximate surface area is 123 Å². The quantitative estimate of drug-likeness (QED) is 0.674. The number of hydrogen-bond acceptors (Lipinski definition) is 4. The third-order valence-electron chi connectivity index (χ3n) is 4.75. The minimum Gasteiger partial charge on any atom is -0.465 e. The van der Waals surface area contributed by atoms with Crippen molar-refractivity contribution in [1.29, 1.82) is 0 Å². The molecular weight excluding hydrogens is 256 g/mol. The SMILES string of the molecule is CCC(C)(C)C(=O)OCC(C(C)(O)CC)C(C)(O)CC. The molecule has 2 unspecified atom stereocenters. The van der Waals surface area contributed by atoms with Gasteiger partial charge in [-0.1, -0.05) is 20.8 Å². The lowest BCUT2D eigenvalue weighted by Gasteiger charge is -2.41.